The summed E-state index contributed by atoms with van der Waals surface area (Å²) < 4.78 is 0. The van der Waals surface area contributed by atoms with Crippen LogP contribution < -0.4 is 0 Å². The second-order valence-corrected chi connectivity index (χ2v) is 5.79. The molecule has 3 N–H and O–H groups in total. The number of hydrogen-bond donors (Lipinski definition) is 3. The number of nitrogens with one attached hydrogen (secondary N) is 2. The highest BCUT2D eigenvalue weighted by Crippen LogP contribution is 2.38. The zero-order valence-electron chi connectivity index (χ0n) is 12.4. The molecule has 1 aliphatic carbocycles. The molecule has 1 unspecified atom stereocenters. The summed E-state index contributed by atoms with van der Waals surface area (Å²) in [5.74, 6) is -0.289. The number of H-pyrrole nitrogens is 2. The molecular formula is C18H16N2O2. The van der Waals surface area contributed by atoms with Crippen LogP contribution in [0.5, 0.6) is 0 Å². The molecule has 0 fully saturated rings. The molecule has 0 aliphatic heterocycles. The molecule has 4 heteroatoms. The van der Waals surface area contributed by atoms with Crippen LogP contribution in [-0.2, 0) is 4.79 Å². The van der Waals surface area contributed by atoms with Gasteiger partial charge in [-0.2, -0.15) is 0 Å². The molecule has 110 valence electrons. The number of para-hydroxylation sites is 1. The van der Waals surface area contributed by atoms with Crippen LogP contribution in [0.1, 0.15) is 34.2 Å². The number of fused-ring (bicyclic) bond motifs is 2. The van der Waals surface area contributed by atoms with Gasteiger partial charge in [0.25, 0.3) is 0 Å². The molecule has 0 saturated carbocycles. The minimum Gasteiger partial charge on any atom is -0.379 e. The molecule has 2 aromatic heterocycles. The van der Waals surface area contributed by atoms with E-state index in [9.17, 15) is 9.90 Å². The Bertz CT molecular complexity index is 943. The predicted molar refractivity (Wildman–Crippen MR) is 85.6 cm³/mol. The highest BCUT2D eigenvalue weighted by Gasteiger charge is 2.30. The fraction of sp³-hybridized carbons (Fsp3) is 0.167. The van der Waals surface area contributed by atoms with Crippen LogP contribution in [0.15, 0.2) is 36.5 Å². The third kappa shape index (κ3) is 1.64. The molecule has 4 nitrogen and oxygen atoms in total. The second-order valence-electron chi connectivity index (χ2n) is 5.79. The van der Waals surface area contributed by atoms with Crippen molar-refractivity contribution in [3.63, 3.8) is 0 Å². The largest absolute Gasteiger partial charge is 0.379 e. The number of ketones is 1. The zero-order chi connectivity index (χ0) is 15.4. The first-order valence-electron chi connectivity index (χ1n) is 7.27. The fourth-order valence-electron chi connectivity index (χ4n) is 3.30. The first-order valence-corrected chi connectivity index (χ1v) is 7.27. The summed E-state index contributed by atoms with van der Waals surface area (Å²) in [7, 11) is 0. The number of aliphatic hydroxyl groups excluding tert-OH is 1. The maximum Gasteiger partial charge on any atom is 0.190 e. The summed E-state index contributed by atoms with van der Waals surface area (Å²) in [4.78, 5) is 18.6. The monoisotopic (exact) mass is 292 g/mol. The molecule has 1 aliphatic rings. The number of hydrogen-bond acceptors (Lipinski definition) is 2. The maximum absolute atomic E-state index is 12.1. The highest BCUT2D eigenvalue weighted by atomic mass is 16.3. The van der Waals surface area contributed by atoms with E-state index < -0.39 is 6.10 Å². The minimum absolute atomic E-state index is 0.289. The Labute approximate surface area is 127 Å². The van der Waals surface area contributed by atoms with Crippen molar-refractivity contribution in [2.45, 2.75) is 20.0 Å². The standard InChI is InChI=1S/C18H16N2O2/c1-9-8-19-17-15(9)12(7-14(21)18(17)22)16-10(2)11-5-3-4-6-13(11)20-16/h3-8,18-20,22H,1-2H3. The van der Waals surface area contributed by atoms with Gasteiger partial charge in [0.05, 0.1) is 11.4 Å². The number of carbonyl (C=O) groups is 1. The van der Waals surface area contributed by atoms with Crippen molar-refractivity contribution in [1.29, 1.82) is 0 Å². The molecule has 0 amide bonds. The van der Waals surface area contributed by atoms with Crippen LogP contribution in [0.3, 0.4) is 0 Å². The van der Waals surface area contributed by atoms with Crippen molar-refractivity contribution >= 4 is 22.3 Å². The Morgan fingerprint density at radius 1 is 1.18 bits per heavy atom. The molecule has 1 aromatic carbocycles. The smallest absolute Gasteiger partial charge is 0.190 e. The Balaban J connectivity index is 2.01. The topological polar surface area (TPSA) is 68.9 Å². The first kappa shape index (κ1) is 13.1. The number of aromatic amines is 2. The average Bonchev–Trinajstić information content (AvgIpc) is 3.05. The number of aryl methyl sites for hydroxylation is 2. The van der Waals surface area contributed by atoms with Crippen LogP contribution in [0.2, 0.25) is 0 Å². The van der Waals surface area contributed by atoms with Crippen molar-refractivity contribution in [3.05, 3.63) is 64.6 Å². The van der Waals surface area contributed by atoms with Crippen LogP contribution in [0.4, 0.5) is 0 Å². The summed E-state index contributed by atoms with van der Waals surface area (Å²) in [6.07, 6.45) is 2.28. The zero-order valence-corrected chi connectivity index (χ0v) is 12.4. The molecule has 3 aromatic rings. The Morgan fingerprint density at radius 3 is 2.73 bits per heavy atom. The van der Waals surface area contributed by atoms with Gasteiger partial charge in [-0.3, -0.25) is 4.79 Å². The Morgan fingerprint density at radius 2 is 1.95 bits per heavy atom. The van der Waals surface area contributed by atoms with Gasteiger partial charge in [-0.25, -0.2) is 0 Å². The number of carbonyl (C=O) groups excluding carboxylic acids is 1. The lowest BCUT2D eigenvalue weighted by molar-refractivity contribution is -0.122. The van der Waals surface area contributed by atoms with Gasteiger partial charge in [0.1, 0.15) is 0 Å². The van der Waals surface area contributed by atoms with Crippen molar-refractivity contribution in [3.8, 4) is 0 Å². The summed E-state index contributed by atoms with van der Waals surface area (Å²) in [5.41, 5.74) is 6.45. The van der Waals surface area contributed by atoms with Gasteiger partial charge in [0.15, 0.2) is 11.9 Å². The normalized spacial score (nSPS) is 17.7. The second kappa shape index (κ2) is 4.45. The highest BCUT2D eigenvalue weighted by molar-refractivity contribution is 6.08. The van der Waals surface area contributed by atoms with Crippen molar-refractivity contribution in [1.82, 2.24) is 9.97 Å². The summed E-state index contributed by atoms with van der Waals surface area (Å²) in [5, 5.41) is 11.2. The Kier molecular flexibility index (Phi) is 2.65. The van der Waals surface area contributed by atoms with E-state index in [4.69, 9.17) is 0 Å². The van der Waals surface area contributed by atoms with Gasteiger partial charge in [0.2, 0.25) is 0 Å². The molecule has 0 saturated heterocycles. The summed E-state index contributed by atoms with van der Waals surface area (Å²) >= 11 is 0. The van der Waals surface area contributed by atoms with E-state index in [1.165, 1.54) is 0 Å². The number of aromatic nitrogens is 2. The number of benzene rings is 1. The van der Waals surface area contributed by atoms with E-state index in [2.05, 4.69) is 16.0 Å². The third-order valence-electron chi connectivity index (χ3n) is 4.44. The fourth-order valence-corrected chi connectivity index (χ4v) is 3.30. The quantitative estimate of drug-likeness (QED) is 0.645. The summed E-state index contributed by atoms with van der Waals surface area (Å²) in [6, 6.07) is 8.08. The summed E-state index contributed by atoms with van der Waals surface area (Å²) in [6.45, 7) is 4.02. The molecule has 4 rings (SSSR count). The van der Waals surface area contributed by atoms with E-state index in [-0.39, 0.29) is 5.78 Å². The number of aliphatic hydroxyl groups is 1. The van der Waals surface area contributed by atoms with Gasteiger partial charge >= 0.3 is 0 Å². The van der Waals surface area contributed by atoms with E-state index in [1.54, 1.807) is 6.08 Å². The molecule has 1 atom stereocenters. The lowest BCUT2D eigenvalue weighted by Gasteiger charge is -2.18. The SMILES string of the molecule is Cc1c[nH]c2c1C(c1[nH]c3ccccc3c1C)=CC(=O)C2O. The van der Waals surface area contributed by atoms with Crippen molar-refractivity contribution in [2.75, 3.05) is 0 Å². The first-order chi connectivity index (χ1) is 10.6. The minimum atomic E-state index is -1.10. The maximum atomic E-state index is 12.1. The van der Waals surface area contributed by atoms with Gasteiger partial charge < -0.3 is 15.1 Å². The van der Waals surface area contributed by atoms with E-state index in [0.29, 0.717) is 5.69 Å². The van der Waals surface area contributed by atoms with Crippen molar-refractivity contribution in [2.24, 2.45) is 0 Å². The lowest BCUT2D eigenvalue weighted by Crippen LogP contribution is -2.17. The van der Waals surface area contributed by atoms with Crippen molar-refractivity contribution < 1.29 is 9.90 Å². The van der Waals surface area contributed by atoms with Crippen LogP contribution in [0, 0.1) is 13.8 Å². The predicted octanol–water partition coefficient (Wildman–Crippen LogP) is 3.16. The van der Waals surface area contributed by atoms with E-state index in [0.717, 1.165) is 38.9 Å². The van der Waals surface area contributed by atoms with Gasteiger partial charge in [-0.15, -0.1) is 0 Å². The molecule has 0 bridgehead atoms. The van der Waals surface area contributed by atoms with E-state index >= 15 is 0 Å². The molecular weight excluding hydrogens is 276 g/mol. The van der Waals surface area contributed by atoms with Crippen LogP contribution in [0.25, 0.3) is 16.5 Å². The number of rotatable bonds is 1. The molecule has 22 heavy (non-hydrogen) atoms. The van der Waals surface area contributed by atoms with Gasteiger partial charge in [-0.05, 0) is 37.1 Å². The molecule has 0 spiro atoms. The third-order valence-corrected chi connectivity index (χ3v) is 4.44. The Hall–Kier alpha value is -2.59. The average molecular weight is 292 g/mol. The van der Waals surface area contributed by atoms with Gasteiger partial charge in [-0.1, -0.05) is 18.2 Å². The van der Waals surface area contributed by atoms with Crippen LogP contribution in [-0.4, -0.2) is 20.9 Å². The lowest BCUT2D eigenvalue weighted by atomic mass is 9.88. The van der Waals surface area contributed by atoms with Gasteiger partial charge in [0, 0.05) is 28.2 Å². The molecule has 0 radical (unpaired) electrons. The molecule has 2 heterocycles. The van der Waals surface area contributed by atoms with E-state index in [1.807, 2.05) is 38.2 Å². The van der Waals surface area contributed by atoms with Crippen LogP contribution >= 0.6 is 0 Å².